The van der Waals surface area contributed by atoms with Crippen LogP contribution >= 0.6 is 11.6 Å². The normalized spacial score (nSPS) is 25.0. The number of hydrogen-bond acceptors (Lipinski definition) is 15. The van der Waals surface area contributed by atoms with Crippen molar-refractivity contribution in [1.82, 2.24) is 15.5 Å². The van der Waals surface area contributed by atoms with Crippen LogP contribution in [-0.2, 0) is 65.4 Å². The molecular weight excluding hydrogens is 1090 g/mol. The first kappa shape index (κ1) is 66.3. The first-order valence-electron chi connectivity index (χ1n) is 27.8. The zero-order chi connectivity index (χ0) is 61.0. The molecule has 450 valence electrons. The van der Waals surface area contributed by atoms with Crippen LogP contribution < -0.4 is 26.0 Å². The number of nitrogens with one attached hydrogen (secondary N) is 2. The Bertz CT molecular complexity index is 2790. The lowest BCUT2D eigenvalue weighted by atomic mass is 9.78. The van der Waals surface area contributed by atoms with Gasteiger partial charge in [0, 0.05) is 71.7 Å². The molecule has 0 unspecified atom stereocenters. The van der Waals surface area contributed by atoms with Crippen molar-refractivity contribution in [3.05, 3.63) is 81.7 Å². The number of benzene rings is 2. The van der Waals surface area contributed by atoms with E-state index in [4.69, 9.17) is 41.0 Å². The molecule has 22 heteroatoms. The molecular formula is C60H81ClFN5O15. The molecule has 3 aliphatic heterocycles. The van der Waals surface area contributed by atoms with Crippen LogP contribution in [0, 0.1) is 23.6 Å². The molecule has 3 heterocycles. The van der Waals surface area contributed by atoms with E-state index in [-0.39, 0.29) is 79.6 Å². The summed E-state index contributed by atoms with van der Waals surface area (Å²) >= 11 is 6.83. The molecule has 2 aromatic carbocycles. The highest BCUT2D eigenvalue weighted by atomic mass is 35.5. The number of unbranched alkanes of at least 4 members (excludes halogenated alkanes) is 1. The minimum absolute atomic E-state index is 0.0194. The van der Waals surface area contributed by atoms with Gasteiger partial charge in [-0.05, 0) is 101 Å². The fourth-order valence-electron chi connectivity index (χ4n) is 10.6. The van der Waals surface area contributed by atoms with Gasteiger partial charge in [0.15, 0.2) is 5.78 Å². The van der Waals surface area contributed by atoms with E-state index < -0.39 is 119 Å². The maximum Gasteiger partial charge on any atom is 0.328 e. The number of ketones is 3. The number of halogens is 2. The summed E-state index contributed by atoms with van der Waals surface area (Å²) in [6.45, 7) is 11.8. The Hall–Kier alpha value is -6.55. The number of primary amides is 1. The van der Waals surface area contributed by atoms with Gasteiger partial charge in [-0.3, -0.25) is 28.8 Å². The minimum Gasteiger partial charge on any atom is -0.495 e. The second-order valence-electron chi connectivity index (χ2n) is 22.6. The zero-order valence-corrected chi connectivity index (χ0v) is 49.7. The molecule has 10 atom stereocenters. The van der Waals surface area contributed by atoms with E-state index in [0.29, 0.717) is 37.1 Å². The Kier molecular flexibility index (Phi) is 23.5. The molecule has 2 saturated heterocycles. The van der Waals surface area contributed by atoms with E-state index in [2.05, 4.69) is 10.6 Å². The van der Waals surface area contributed by atoms with Crippen molar-refractivity contribution in [2.45, 2.75) is 173 Å². The third-order valence-electron chi connectivity index (χ3n) is 15.8. The first-order valence-corrected chi connectivity index (χ1v) is 28.1. The molecule has 0 aromatic heterocycles. The fraction of sp³-hybridized carbons (Fsp3) is 0.583. The lowest BCUT2D eigenvalue weighted by molar-refractivity contribution is -0.187. The predicted molar refractivity (Wildman–Crippen MR) is 302 cm³/mol. The second kappa shape index (κ2) is 29.1. The highest BCUT2D eigenvalue weighted by molar-refractivity contribution is 6.35. The number of fused-ring (bicyclic) bond motifs is 5. The number of methoxy groups -OCH3 is 2. The molecule has 5 rings (SSSR count). The number of allylic oxidation sites excluding steroid dienone is 3. The van der Waals surface area contributed by atoms with Gasteiger partial charge in [0.05, 0.1) is 43.3 Å². The SMILES string of the molecule is COc1cc2cc(c1Cl)N(C)C(=O)C[C@H](OC(=O)[C@H](C)N(C)C(=O)c1ccc(CC(=O)[C@H](CCCNC(N)=O)NC(=O)[C@@H](CC(=O)CCCCC(C)=O)C(C)C)cc1F)[C@]1(C)O[C@H]1[C@H](C)[C@@H]1C[C@@](O)(CC(=O)O1)[C@H](OC)/C=C/C=C(\C)C2. The van der Waals surface area contributed by atoms with Crippen molar-refractivity contribution in [3.63, 3.8) is 0 Å². The average Bonchev–Trinajstić information content (AvgIpc) is 2.52. The molecule has 4 bridgehead atoms. The lowest BCUT2D eigenvalue weighted by Crippen LogP contribution is -2.53. The van der Waals surface area contributed by atoms with Gasteiger partial charge in [-0.15, -0.1) is 0 Å². The molecule has 82 heavy (non-hydrogen) atoms. The van der Waals surface area contributed by atoms with E-state index in [0.717, 1.165) is 22.1 Å². The number of esters is 2. The number of amides is 5. The molecule has 0 aliphatic carbocycles. The number of epoxide rings is 1. The van der Waals surface area contributed by atoms with Gasteiger partial charge in [0.2, 0.25) is 11.8 Å². The van der Waals surface area contributed by atoms with Crippen LogP contribution in [0.3, 0.4) is 0 Å². The Morgan fingerprint density at radius 1 is 1.04 bits per heavy atom. The summed E-state index contributed by atoms with van der Waals surface area (Å²) in [5, 5.41) is 17.4. The van der Waals surface area contributed by atoms with Crippen LogP contribution in [0.25, 0.3) is 0 Å². The lowest BCUT2D eigenvalue weighted by Gasteiger charge is -2.41. The van der Waals surface area contributed by atoms with E-state index in [9.17, 15) is 48.3 Å². The number of likely N-dealkylation sites (N-methyl/N-ethyl adjacent to an activating group) is 1. The van der Waals surface area contributed by atoms with Crippen LogP contribution in [0.15, 0.2) is 54.1 Å². The Balaban J connectivity index is 1.36. The molecule has 2 fully saturated rings. The molecule has 2 aromatic rings. The van der Waals surface area contributed by atoms with Gasteiger partial charge < -0.3 is 59.8 Å². The quantitative estimate of drug-likeness (QED) is 0.0515. The van der Waals surface area contributed by atoms with E-state index >= 15 is 4.39 Å². The van der Waals surface area contributed by atoms with Crippen LogP contribution in [0.4, 0.5) is 14.9 Å². The number of hydrogen-bond donors (Lipinski definition) is 4. The largest absolute Gasteiger partial charge is 0.495 e. The summed E-state index contributed by atoms with van der Waals surface area (Å²) in [4.78, 5) is 122. The number of urea groups is 1. The van der Waals surface area contributed by atoms with E-state index in [1.54, 1.807) is 52.0 Å². The smallest absolute Gasteiger partial charge is 0.328 e. The fourth-order valence-corrected chi connectivity index (χ4v) is 10.9. The Labute approximate surface area is 484 Å². The summed E-state index contributed by atoms with van der Waals surface area (Å²) in [7, 11) is 5.65. The summed E-state index contributed by atoms with van der Waals surface area (Å²) in [5.41, 5.74) is 3.78. The van der Waals surface area contributed by atoms with Crippen LogP contribution in [0.1, 0.15) is 134 Å². The molecule has 0 spiro atoms. The van der Waals surface area contributed by atoms with Crippen LogP contribution in [-0.4, -0.2) is 146 Å². The highest BCUT2D eigenvalue weighted by Gasteiger charge is 2.64. The van der Waals surface area contributed by atoms with Gasteiger partial charge >= 0.3 is 18.0 Å². The predicted octanol–water partition coefficient (Wildman–Crippen LogP) is 6.64. The summed E-state index contributed by atoms with van der Waals surface area (Å²) < 4.78 is 45.7. The van der Waals surface area contributed by atoms with Crippen molar-refractivity contribution >= 4 is 70.3 Å². The van der Waals surface area contributed by atoms with Crippen molar-refractivity contribution in [3.8, 4) is 5.75 Å². The number of nitrogens with two attached hydrogens (primary N) is 1. The van der Waals surface area contributed by atoms with Crippen LogP contribution in [0.5, 0.6) is 5.75 Å². The number of nitrogens with zero attached hydrogens (tertiary/aromatic N) is 2. The van der Waals surface area contributed by atoms with Gasteiger partial charge in [-0.2, -0.15) is 0 Å². The topological polar surface area (TPSA) is 280 Å². The zero-order valence-electron chi connectivity index (χ0n) is 48.9. The van der Waals surface area contributed by atoms with Crippen molar-refractivity contribution in [2.75, 3.05) is 39.8 Å². The van der Waals surface area contributed by atoms with Crippen molar-refractivity contribution in [1.29, 1.82) is 0 Å². The Morgan fingerprint density at radius 2 is 1.73 bits per heavy atom. The summed E-state index contributed by atoms with van der Waals surface area (Å²) in [6.07, 6.45) is 2.23. The molecule has 3 aliphatic rings. The monoisotopic (exact) mass is 1170 g/mol. The number of carbonyl (C=O) groups excluding carboxylic acids is 9. The van der Waals surface area contributed by atoms with E-state index in [1.165, 1.54) is 59.2 Å². The number of aliphatic hydroxyl groups is 1. The summed E-state index contributed by atoms with van der Waals surface area (Å²) in [5.74, 6) is -6.73. The van der Waals surface area contributed by atoms with E-state index in [1.807, 2.05) is 13.0 Å². The molecule has 20 nitrogen and oxygen atoms in total. The van der Waals surface area contributed by atoms with Gasteiger partial charge in [0.25, 0.3) is 5.91 Å². The third kappa shape index (κ3) is 17.3. The van der Waals surface area contributed by atoms with Crippen molar-refractivity contribution in [2.24, 2.45) is 23.5 Å². The number of carbonyl (C=O) groups is 9. The van der Waals surface area contributed by atoms with Crippen molar-refractivity contribution < 1.29 is 76.3 Å². The van der Waals surface area contributed by atoms with Gasteiger partial charge in [-0.25, -0.2) is 14.0 Å². The first-order chi connectivity index (χ1) is 38.5. The maximum absolute atomic E-state index is 16.1. The number of anilines is 1. The number of rotatable bonds is 23. The van der Waals surface area contributed by atoms with Crippen LogP contribution in [0.2, 0.25) is 5.02 Å². The van der Waals surface area contributed by atoms with Gasteiger partial charge in [0.1, 0.15) is 63.7 Å². The molecule has 0 radical (unpaired) electrons. The summed E-state index contributed by atoms with van der Waals surface area (Å²) in [6, 6.07) is 3.74. The molecule has 5 amide bonds. The highest BCUT2D eigenvalue weighted by Crippen LogP contribution is 2.50. The standard InChI is InChI=1S/C60H81ClFN5O15/c1-33(2)42(29-40(69)18-13-12-17-35(4)68)55(73)65-44(19-15-23-64-58(63)76)46(70)27-38-21-22-41(43(62)25-38)56(74)66(8)37(6)57(75)81-50-30-51(71)67(9)45-26-39(28-47(78-10)53(45)61)24-34(3)16-14-20-49(79-11)60(77)31-48(80-52(72)32-60)36(5)54-59(50,7)82-54/h14,16,20-22,25-26,28,33,36-37,42,44,48-50,54,77H,12-13,15,17-19,23-24,27,29-32H2,1-11H3,(H,65,73)(H3,63,64,76)/b20-14+,34-16+/t36-,37+,42+,44+,48+,49-,50+,54+,59+,60-/m1/s1. The third-order valence-corrected chi connectivity index (χ3v) is 16.2. The van der Waals surface area contributed by atoms with Gasteiger partial charge in [-0.1, -0.05) is 62.2 Å². The molecule has 5 N–H and O–H groups in total. The minimum atomic E-state index is -1.68. The second-order valence-corrected chi connectivity index (χ2v) is 23.0. The Morgan fingerprint density at radius 3 is 2.37 bits per heavy atom. The molecule has 0 saturated carbocycles. The number of ether oxygens (including phenoxy) is 5. The number of Topliss-reactive ketones (excluding diaryl/α,β-unsaturated/α-hetero) is 3. The maximum atomic E-state index is 16.1. The average molecular weight is 1170 g/mol.